The van der Waals surface area contributed by atoms with E-state index in [4.69, 9.17) is 0 Å². The number of rotatable bonds is 3. The first-order valence-electron chi connectivity index (χ1n) is 6.34. The summed E-state index contributed by atoms with van der Waals surface area (Å²) >= 11 is 0. The maximum atomic E-state index is 10.2. The van der Waals surface area contributed by atoms with Crippen LogP contribution in [0, 0.1) is 19.8 Å². The number of hydrogen-bond acceptors (Lipinski definition) is 2. The zero-order valence-corrected chi connectivity index (χ0v) is 11.4. The molecule has 0 bridgehead atoms. The van der Waals surface area contributed by atoms with Crippen LogP contribution in [0.25, 0.3) is 5.69 Å². The van der Waals surface area contributed by atoms with Crippen LogP contribution in [-0.4, -0.2) is 14.9 Å². The Balaban J connectivity index is 2.50. The summed E-state index contributed by atoms with van der Waals surface area (Å²) in [4.78, 5) is 0. The van der Waals surface area contributed by atoms with E-state index in [-0.39, 0.29) is 5.88 Å². The van der Waals surface area contributed by atoms with Crippen LogP contribution < -0.4 is 0 Å². The van der Waals surface area contributed by atoms with Crippen LogP contribution >= 0.6 is 0 Å². The topological polar surface area (TPSA) is 38.0 Å². The molecular formula is C15H20N2O. The first-order chi connectivity index (χ1) is 8.50. The van der Waals surface area contributed by atoms with Crippen molar-refractivity contribution in [1.82, 2.24) is 9.78 Å². The van der Waals surface area contributed by atoms with Gasteiger partial charge >= 0.3 is 0 Å². The van der Waals surface area contributed by atoms with E-state index in [9.17, 15) is 5.11 Å². The summed E-state index contributed by atoms with van der Waals surface area (Å²) in [5, 5.41) is 14.8. The third kappa shape index (κ3) is 2.26. The van der Waals surface area contributed by atoms with E-state index < -0.39 is 0 Å². The molecule has 0 aliphatic rings. The molecule has 0 aliphatic heterocycles. The molecule has 0 saturated carbocycles. The van der Waals surface area contributed by atoms with E-state index in [1.165, 1.54) is 0 Å². The third-order valence-electron chi connectivity index (χ3n) is 3.13. The van der Waals surface area contributed by atoms with Crippen LogP contribution in [0.15, 0.2) is 24.3 Å². The molecule has 0 aliphatic carbocycles. The lowest BCUT2D eigenvalue weighted by Gasteiger charge is -2.06. The average molecular weight is 244 g/mol. The first kappa shape index (κ1) is 12.7. The number of hydrogen-bond donors (Lipinski definition) is 1. The molecule has 18 heavy (non-hydrogen) atoms. The maximum absolute atomic E-state index is 10.2. The molecule has 3 nitrogen and oxygen atoms in total. The first-order valence-corrected chi connectivity index (χ1v) is 6.34. The molecule has 0 amide bonds. The Kier molecular flexibility index (Phi) is 3.41. The minimum absolute atomic E-state index is 0.250. The monoisotopic (exact) mass is 244 g/mol. The summed E-state index contributed by atoms with van der Waals surface area (Å²) in [6.45, 7) is 8.26. The average Bonchev–Trinajstić information content (AvgIpc) is 2.58. The molecule has 1 N–H and O–H groups in total. The van der Waals surface area contributed by atoms with E-state index in [2.05, 4.69) is 18.9 Å². The fourth-order valence-electron chi connectivity index (χ4n) is 2.08. The summed E-state index contributed by atoms with van der Waals surface area (Å²) in [5.74, 6) is 0.781. The SMILES string of the molecule is Cc1ccccc1-n1nc(CC(C)C)c(C)c1O. The van der Waals surface area contributed by atoms with Crippen molar-refractivity contribution >= 4 is 0 Å². The second-order valence-electron chi connectivity index (χ2n) is 5.19. The lowest BCUT2D eigenvalue weighted by atomic mass is 10.1. The van der Waals surface area contributed by atoms with Crippen molar-refractivity contribution in [3.05, 3.63) is 41.1 Å². The van der Waals surface area contributed by atoms with Gasteiger partial charge in [-0.1, -0.05) is 32.0 Å². The quantitative estimate of drug-likeness (QED) is 0.898. The minimum Gasteiger partial charge on any atom is -0.493 e. The third-order valence-corrected chi connectivity index (χ3v) is 3.13. The van der Waals surface area contributed by atoms with Crippen molar-refractivity contribution in [3.63, 3.8) is 0 Å². The van der Waals surface area contributed by atoms with Gasteiger partial charge in [-0.25, -0.2) is 4.68 Å². The van der Waals surface area contributed by atoms with Crippen molar-refractivity contribution < 1.29 is 5.11 Å². The van der Waals surface area contributed by atoms with Crippen molar-refractivity contribution in [2.75, 3.05) is 0 Å². The van der Waals surface area contributed by atoms with E-state index in [1.807, 2.05) is 38.1 Å². The zero-order chi connectivity index (χ0) is 13.3. The van der Waals surface area contributed by atoms with E-state index in [0.717, 1.165) is 28.9 Å². The lowest BCUT2D eigenvalue weighted by Crippen LogP contribution is -2.01. The molecule has 0 atom stereocenters. The maximum Gasteiger partial charge on any atom is 0.217 e. The Morgan fingerprint density at radius 2 is 1.89 bits per heavy atom. The van der Waals surface area contributed by atoms with Gasteiger partial charge in [0.2, 0.25) is 5.88 Å². The van der Waals surface area contributed by atoms with Crippen LogP contribution in [0.1, 0.15) is 30.7 Å². The van der Waals surface area contributed by atoms with E-state index in [1.54, 1.807) is 4.68 Å². The highest BCUT2D eigenvalue weighted by atomic mass is 16.3. The van der Waals surface area contributed by atoms with Crippen LogP contribution in [-0.2, 0) is 6.42 Å². The molecule has 1 aromatic carbocycles. The second kappa shape index (κ2) is 4.84. The van der Waals surface area contributed by atoms with Gasteiger partial charge in [-0.05, 0) is 37.8 Å². The second-order valence-corrected chi connectivity index (χ2v) is 5.19. The zero-order valence-electron chi connectivity index (χ0n) is 11.4. The number of aryl methyl sites for hydroxylation is 1. The molecule has 2 rings (SSSR count). The molecule has 1 heterocycles. The summed E-state index contributed by atoms with van der Waals surface area (Å²) in [6.07, 6.45) is 0.887. The molecule has 96 valence electrons. The van der Waals surface area contributed by atoms with Gasteiger partial charge in [-0.2, -0.15) is 5.10 Å². The van der Waals surface area contributed by atoms with Gasteiger partial charge < -0.3 is 5.11 Å². The van der Waals surface area contributed by atoms with Gasteiger partial charge in [0, 0.05) is 5.56 Å². The standard InChI is InChI=1S/C15H20N2O/c1-10(2)9-13-12(4)15(18)17(16-13)14-8-6-5-7-11(14)3/h5-8,10,18H,9H2,1-4H3. The van der Waals surface area contributed by atoms with Crippen molar-refractivity contribution in [2.24, 2.45) is 5.92 Å². The fraction of sp³-hybridized carbons (Fsp3) is 0.400. The number of para-hydroxylation sites is 1. The van der Waals surface area contributed by atoms with Gasteiger partial charge in [0.15, 0.2) is 0 Å². The van der Waals surface area contributed by atoms with Crippen molar-refractivity contribution in [1.29, 1.82) is 0 Å². The van der Waals surface area contributed by atoms with Gasteiger partial charge in [-0.15, -0.1) is 0 Å². The number of aromatic hydroxyl groups is 1. The summed E-state index contributed by atoms with van der Waals surface area (Å²) in [6, 6.07) is 7.94. The highest BCUT2D eigenvalue weighted by Gasteiger charge is 2.16. The highest BCUT2D eigenvalue weighted by Crippen LogP contribution is 2.26. The molecule has 0 radical (unpaired) electrons. The number of aromatic nitrogens is 2. The van der Waals surface area contributed by atoms with Gasteiger partial charge in [0.05, 0.1) is 11.4 Å². The Morgan fingerprint density at radius 1 is 1.22 bits per heavy atom. The molecule has 1 aromatic heterocycles. The highest BCUT2D eigenvalue weighted by molar-refractivity contribution is 5.44. The summed E-state index contributed by atoms with van der Waals surface area (Å²) in [5.41, 5.74) is 3.90. The Hall–Kier alpha value is -1.77. The van der Waals surface area contributed by atoms with Crippen LogP contribution in [0.4, 0.5) is 0 Å². The van der Waals surface area contributed by atoms with E-state index in [0.29, 0.717) is 5.92 Å². The van der Waals surface area contributed by atoms with Crippen molar-refractivity contribution in [3.8, 4) is 11.6 Å². The molecule has 3 heteroatoms. The number of benzene rings is 1. The molecule has 0 unspecified atom stereocenters. The minimum atomic E-state index is 0.250. The molecule has 2 aromatic rings. The Labute approximate surface area is 108 Å². The largest absolute Gasteiger partial charge is 0.493 e. The number of nitrogens with zero attached hydrogens (tertiary/aromatic N) is 2. The van der Waals surface area contributed by atoms with Gasteiger partial charge in [0.1, 0.15) is 0 Å². The van der Waals surface area contributed by atoms with Crippen LogP contribution in [0.2, 0.25) is 0 Å². The Morgan fingerprint density at radius 3 is 2.50 bits per heavy atom. The van der Waals surface area contributed by atoms with Crippen LogP contribution in [0.5, 0.6) is 5.88 Å². The summed E-state index contributed by atoms with van der Waals surface area (Å²) < 4.78 is 1.64. The summed E-state index contributed by atoms with van der Waals surface area (Å²) in [7, 11) is 0. The predicted molar refractivity (Wildman–Crippen MR) is 73.2 cm³/mol. The van der Waals surface area contributed by atoms with Gasteiger partial charge in [-0.3, -0.25) is 0 Å². The molecule has 0 spiro atoms. The smallest absolute Gasteiger partial charge is 0.217 e. The van der Waals surface area contributed by atoms with Crippen molar-refractivity contribution in [2.45, 2.75) is 34.1 Å². The van der Waals surface area contributed by atoms with E-state index >= 15 is 0 Å². The molecule has 0 fully saturated rings. The molecule has 0 saturated heterocycles. The van der Waals surface area contributed by atoms with Gasteiger partial charge in [0.25, 0.3) is 0 Å². The Bertz CT molecular complexity index is 556. The lowest BCUT2D eigenvalue weighted by molar-refractivity contribution is 0.430. The predicted octanol–water partition coefficient (Wildman–Crippen LogP) is 3.39. The molecular weight excluding hydrogens is 224 g/mol. The fourth-order valence-corrected chi connectivity index (χ4v) is 2.08. The van der Waals surface area contributed by atoms with Crippen LogP contribution in [0.3, 0.4) is 0 Å². The normalized spacial score (nSPS) is 11.2.